The lowest BCUT2D eigenvalue weighted by Crippen LogP contribution is -2.42. The number of nitrogens with zero attached hydrogens (tertiary/aromatic N) is 3. The van der Waals surface area contributed by atoms with Crippen LogP contribution in [0.25, 0.3) is 0 Å². The molecule has 9 nitrogen and oxygen atoms in total. The second-order valence-electron chi connectivity index (χ2n) is 6.54. The molecule has 1 N–H and O–H groups in total. The SMILES string of the molecule is Cc1noc(C)c1Cc1c(C(=O)NCCC(=O)N2CCOCC2)noc1C. The van der Waals surface area contributed by atoms with Crippen molar-refractivity contribution in [3.8, 4) is 0 Å². The molecule has 0 atom stereocenters. The molecule has 1 saturated heterocycles. The molecule has 0 aromatic carbocycles. The van der Waals surface area contributed by atoms with Crippen LogP contribution < -0.4 is 5.32 Å². The molecule has 2 aromatic heterocycles. The van der Waals surface area contributed by atoms with Gasteiger partial charge in [-0.05, 0) is 20.8 Å². The molecular formula is C18H24N4O5. The van der Waals surface area contributed by atoms with Crippen LogP contribution in [0.3, 0.4) is 0 Å². The Hall–Kier alpha value is -2.68. The van der Waals surface area contributed by atoms with Crippen LogP contribution in [0.15, 0.2) is 9.05 Å². The fourth-order valence-electron chi connectivity index (χ4n) is 3.05. The van der Waals surface area contributed by atoms with Crippen molar-refractivity contribution >= 4 is 11.8 Å². The van der Waals surface area contributed by atoms with Gasteiger partial charge in [0, 0.05) is 43.6 Å². The number of carbonyl (C=O) groups is 2. The van der Waals surface area contributed by atoms with Gasteiger partial charge in [0.25, 0.3) is 5.91 Å². The van der Waals surface area contributed by atoms with E-state index in [1.807, 2.05) is 13.8 Å². The van der Waals surface area contributed by atoms with Gasteiger partial charge in [0.15, 0.2) is 5.69 Å². The van der Waals surface area contributed by atoms with E-state index in [2.05, 4.69) is 15.6 Å². The van der Waals surface area contributed by atoms with Crippen molar-refractivity contribution in [2.45, 2.75) is 33.6 Å². The Morgan fingerprint density at radius 3 is 2.37 bits per heavy atom. The first-order valence-electron chi connectivity index (χ1n) is 8.98. The third-order valence-electron chi connectivity index (χ3n) is 4.72. The van der Waals surface area contributed by atoms with E-state index in [-0.39, 0.29) is 30.5 Å². The number of carbonyl (C=O) groups excluding carboxylic acids is 2. The summed E-state index contributed by atoms with van der Waals surface area (Å²) in [7, 11) is 0. The number of rotatable bonds is 6. The molecule has 3 rings (SSSR count). The summed E-state index contributed by atoms with van der Waals surface area (Å²) < 4.78 is 15.6. The van der Waals surface area contributed by atoms with E-state index < -0.39 is 0 Å². The third-order valence-corrected chi connectivity index (χ3v) is 4.72. The summed E-state index contributed by atoms with van der Waals surface area (Å²) in [6.45, 7) is 7.99. The van der Waals surface area contributed by atoms with Crippen molar-refractivity contribution < 1.29 is 23.4 Å². The maximum absolute atomic E-state index is 12.5. The van der Waals surface area contributed by atoms with Gasteiger partial charge in [-0.3, -0.25) is 9.59 Å². The summed E-state index contributed by atoms with van der Waals surface area (Å²) in [5, 5.41) is 10.6. The zero-order valence-corrected chi connectivity index (χ0v) is 15.8. The molecule has 1 aliphatic rings. The van der Waals surface area contributed by atoms with Crippen molar-refractivity contribution in [3.05, 3.63) is 34.0 Å². The number of hydrogen-bond acceptors (Lipinski definition) is 7. The molecule has 3 heterocycles. The Balaban J connectivity index is 1.59. The second kappa shape index (κ2) is 8.34. The summed E-state index contributed by atoms with van der Waals surface area (Å²) in [5.41, 5.74) is 2.61. The molecule has 0 spiro atoms. The largest absolute Gasteiger partial charge is 0.378 e. The lowest BCUT2D eigenvalue weighted by atomic mass is 10.0. The highest BCUT2D eigenvalue weighted by Crippen LogP contribution is 2.22. The Bertz CT molecular complexity index is 800. The minimum atomic E-state index is -0.358. The lowest BCUT2D eigenvalue weighted by Gasteiger charge is -2.26. The molecule has 0 aliphatic carbocycles. The monoisotopic (exact) mass is 376 g/mol. The van der Waals surface area contributed by atoms with Gasteiger partial charge in [-0.15, -0.1) is 0 Å². The van der Waals surface area contributed by atoms with Crippen LogP contribution in [0.2, 0.25) is 0 Å². The number of morpholine rings is 1. The van der Waals surface area contributed by atoms with Crippen LogP contribution in [0.5, 0.6) is 0 Å². The molecule has 146 valence electrons. The molecule has 1 fully saturated rings. The zero-order valence-electron chi connectivity index (χ0n) is 15.8. The second-order valence-corrected chi connectivity index (χ2v) is 6.54. The van der Waals surface area contributed by atoms with Crippen LogP contribution in [-0.4, -0.2) is 59.9 Å². The Morgan fingerprint density at radius 1 is 1.04 bits per heavy atom. The first kappa shape index (κ1) is 19.1. The average molecular weight is 376 g/mol. The smallest absolute Gasteiger partial charge is 0.273 e. The quantitative estimate of drug-likeness (QED) is 0.805. The van der Waals surface area contributed by atoms with Crippen LogP contribution in [0, 0.1) is 20.8 Å². The molecule has 0 unspecified atom stereocenters. The van der Waals surface area contributed by atoms with Gasteiger partial charge in [-0.25, -0.2) is 0 Å². The minimum absolute atomic E-state index is 0.00544. The molecule has 0 bridgehead atoms. The number of ether oxygens (including phenoxy) is 1. The standard InChI is InChI=1S/C18H24N4O5/c1-11-14(12(2)26-20-11)10-15-13(3)27-21-17(15)18(24)19-5-4-16(23)22-6-8-25-9-7-22/h4-10H2,1-3H3,(H,19,24). The first-order valence-corrected chi connectivity index (χ1v) is 8.98. The van der Waals surface area contributed by atoms with E-state index in [0.717, 1.165) is 11.3 Å². The molecule has 0 radical (unpaired) electrons. The number of nitrogens with one attached hydrogen (secondary N) is 1. The lowest BCUT2D eigenvalue weighted by molar-refractivity contribution is -0.135. The van der Waals surface area contributed by atoms with Crippen molar-refractivity contribution in [2.75, 3.05) is 32.8 Å². The van der Waals surface area contributed by atoms with Gasteiger partial charge in [0.2, 0.25) is 5.91 Å². The van der Waals surface area contributed by atoms with E-state index in [1.54, 1.807) is 11.8 Å². The number of aryl methyl sites for hydroxylation is 3. The predicted molar refractivity (Wildman–Crippen MR) is 94.4 cm³/mol. The van der Waals surface area contributed by atoms with E-state index in [0.29, 0.717) is 49.8 Å². The maximum Gasteiger partial charge on any atom is 0.273 e. The molecule has 9 heteroatoms. The fraction of sp³-hybridized carbons (Fsp3) is 0.556. The molecule has 1 aliphatic heterocycles. The molecule has 2 amide bonds. The predicted octanol–water partition coefficient (Wildman–Crippen LogP) is 1.16. The molecule has 27 heavy (non-hydrogen) atoms. The molecule has 2 aromatic rings. The Morgan fingerprint density at radius 2 is 1.70 bits per heavy atom. The Labute approximate surface area is 157 Å². The van der Waals surface area contributed by atoms with Crippen LogP contribution in [0.1, 0.15) is 45.3 Å². The normalized spacial score (nSPS) is 14.4. The average Bonchev–Trinajstić information content (AvgIpc) is 3.19. The van der Waals surface area contributed by atoms with Crippen molar-refractivity contribution in [3.63, 3.8) is 0 Å². The van der Waals surface area contributed by atoms with E-state index >= 15 is 0 Å². The Kier molecular flexibility index (Phi) is 5.90. The van der Waals surface area contributed by atoms with Gasteiger partial charge in [0.05, 0.1) is 18.9 Å². The number of aromatic nitrogens is 2. The summed E-state index contributed by atoms with van der Waals surface area (Å²) in [6.07, 6.45) is 0.688. The van der Waals surface area contributed by atoms with Gasteiger partial charge >= 0.3 is 0 Å². The molecule has 0 saturated carbocycles. The maximum atomic E-state index is 12.5. The molecular weight excluding hydrogens is 352 g/mol. The topological polar surface area (TPSA) is 111 Å². The fourth-order valence-corrected chi connectivity index (χ4v) is 3.05. The van der Waals surface area contributed by atoms with Crippen molar-refractivity contribution in [1.82, 2.24) is 20.5 Å². The van der Waals surface area contributed by atoms with E-state index in [9.17, 15) is 9.59 Å². The van der Waals surface area contributed by atoms with E-state index in [4.69, 9.17) is 13.8 Å². The van der Waals surface area contributed by atoms with Crippen LogP contribution in [-0.2, 0) is 16.0 Å². The summed E-state index contributed by atoms with van der Waals surface area (Å²) in [5.74, 6) is 0.925. The summed E-state index contributed by atoms with van der Waals surface area (Å²) in [4.78, 5) is 26.4. The summed E-state index contributed by atoms with van der Waals surface area (Å²) in [6, 6.07) is 0. The van der Waals surface area contributed by atoms with Crippen LogP contribution >= 0.6 is 0 Å². The summed E-state index contributed by atoms with van der Waals surface area (Å²) >= 11 is 0. The number of hydrogen-bond donors (Lipinski definition) is 1. The van der Waals surface area contributed by atoms with Gasteiger partial charge in [0.1, 0.15) is 11.5 Å². The van der Waals surface area contributed by atoms with Crippen LogP contribution in [0.4, 0.5) is 0 Å². The highest BCUT2D eigenvalue weighted by atomic mass is 16.5. The van der Waals surface area contributed by atoms with Gasteiger partial charge in [-0.2, -0.15) is 0 Å². The highest BCUT2D eigenvalue weighted by Gasteiger charge is 2.23. The first-order chi connectivity index (χ1) is 13.0. The van der Waals surface area contributed by atoms with Crippen molar-refractivity contribution in [2.24, 2.45) is 0 Å². The van der Waals surface area contributed by atoms with Gasteiger partial charge in [-0.1, -0.05) is 10.3 Å². The minimum Gasteiger partial charge on any atom is -0.378 e. The van der Waals surface area contributed by atoms with E-state index in [1.165, 1.54) is 0 Å². The number of amides is 2. The van der Waals surface area contributed by atoms with Crippen molar-refractivity contribution in [1.29, 1.82) is 0 Å². The van der Waals surface area contributed by atoms with Gasteiger partial charge < -0.3 is 24.0 Å². The zero-order chi connectivity index (χ0) is 19.4. The third kappa shape index (κ3) is 4.36. The highest BCUT2D eigenvalue weighted by molar-refractivity contribution is 5.94.